The lowest BCUT2D eigenvalue weighted by Crippen LogP contribution is -2.48. The van der Waals surface area contributed by atoms with E-state index >= 15 is 0 Å². The van der Waals surface area contributed by atoms with E-state index in [0.717, 1.165) is 17.4 Å². The van der Waals surface area contributed by atoms with Gasteiger partial charge in [0.05, 0.1) is 10.7 Å². The smallest absolute Gasteiger partial charge is 0.277 e. The van der Waals surface area contributed by atoms with Gasteiger partial charge in [-0.05, 0) is 54.6 Å². The van der Waals surface area contributed by atoms with Crippen molar-refractivity contribution in [3.8, 4) is 11.5 Å². The highest BCUT2D eigenvalue weighted by Crippen LogP contribution is 2.26. The summed E-state index contributed by atoms with van der Waals surface area (Å²) in [5.41, 5.74) is 2.40. The van der Waals surface area contributed by atoms with Crippen LogP contribution in [0.3, 0.4) is 0 Å². The quantitative estimate of drug-likeness (QED) is 0.187. The topological polar surface area (TPSA) is 135 Å². The molecule has 11 nitrogen and oxygen atoms in total. The summed E-state index contributed by atoms with van der Waals surface area (Å²) >= 11 is 1.06. The Balaban J connectivity index is 1.09. The van der Waals surface area contributed by atoms with Crippen LogP contribution in [-0.4, -0.2) is 63.8 Å². The first kappa shape index (κ1) is 26.8. The average Bonchev–Trinajstić information content (AvgIpc) is 3.46. The maximum absolute atomic E-state index is 13.1. The minimum Gasteiger partial charge on any atom is -0.411 e. The van der Waals surface area contributed by atoms with Crippen LogP contribution in [0.15, 0.2) is 82.4 Å². The van der Waals surface area contributed by atoms with Crippen molar-refractivity contribution in [2.24, 2.45) is 0 Å². The van der Waals surface area contributed by atoms with Crippen molar-refractivity contribution < 1.29 is 23.3 Å². The number of nitrogens with one attached hydrogen (secondary N) is 1. The molecule has 3 aromatic carbocycles. The molecule has 0 spiro atoms. The number of hydrogen-bond acceptors (Lipinski definition) is 9. The van der Waals surface area contributed by atoms with Crippen LogP contribution < -0.4 is 10.2 Å². The molecule has 0 bridgehead atoms. The number of aromatic nitrogens is 2. The van der Waals surface area contributed by atoms with E-state index in [4.69, 9.17) is 4.42 Å². The SMILES string of the molecule is O=C(CSc1nnc(-c2cccc([N+](=O)[O-])c2)o1)Nc1ccc(N2CCN(C(=O)c3ccc(F)cc3)CC2)cc1. The van der Waals surface area contributed by atoms with Gasteiger partial charge < -0.3 is 19.5 Å². The van der Waals surface area contributed by atoms with Gasteiger partial charge in [-0.1, -0.05) is 17.8 Å². The third-order valence-electron chi connectivity index (χ3n) is 6.21. The third-order valence-corrected chi connectivity index (χ3v) is 7.03. The van der Waals surface area contributed by atoms with Crippen molar-refractivity contribution in [2.75, 3.05) is 42.1 Å². The summed E-state index contributed by atoms with van der Waals surface area (Å²) in [6.07, 6.45) is 0. The number of thioether (sulfide) groups is 1. The third kappa shape index (κ3) is 6.43. The second kappa shape index (κ2) is 11.9. The normalized spacial score (nSPS) is 13.2. The molecule has 5 rings (SSSR count). The maximum atomic E-state index is 13.1. The number of amides is 2. The van der Waals surface area contributed by atoms with E-state index in [0.29, 0.717) is 43.0 Å². The van der Waals surface area contributed by atoms with Crippen LogP contribution in [0.2, 0.25) is 0 Å². The van der Waals surface area contributed by atoms with E-state index in [2.05, 4.69) is 20.4 Å². The molecule has 1 aliphatic heterocycles. The number of benzene rings is 3. The molecule has 2 amide bonds. The second-order valence-electron chi connectivity index (χ2n) is 8.85. The number of anilines is 2. The van der Waals surface area contributed by atoms with E-state index in [-0.39, 0.29) is 40.2 Å². The molecule has 204 valence electrons. The van der Waals surface area contributed by atoms with Crippen LogP contribution in [0.4, 0.5) is 21.5 Å². The summed E-state index contributed by atoms with van der Waals surface area (Å²) < 4.78 is 18.7. The molecule has 13 heteroatoms. The summed E-state index contributed by atoms with van der Waals surface area (Å²) in [7, 11) is 0. The number of carbonyl (C=O) groups is 2. The zero-order chi connectivity index (χ0) is 28.1. The fourth-order valence-electron chi connectivity index (χ4n) is 4.16. The molecule has 40 heavy (non-hydrogen) atoms. The monoisotopic (exact) mass is 562 g/mol. The molecule has 4 aromatic rings. The van der Waals surface area contributed by atoms with Gasteiger partial charge in [0.15, 0.2) is 0 Å². The highest BCUT2D eigenvalue weighted by Gasteiger charge is 2.22. The van der Waals surface area contributed by atoms with Crippen molar-refractivity contribution in [1.29, 1.82) is 0 Å². The summed E-state index contributed by atoms with van der Waals surface area (Å²) in [6.45, 7) is 2.39. The van der Waals surface area contributed by atoms with E-state index in [1.807, 2.05) is 12.1 Å². The van der Waals surface area contributed by atoms with Gasteiger partial charge in [0.2, 0.25) is 11.8 Å². The Morgan fingerprint density at radius 1 is 1.00 bits per heavy atom. The number of non-ortho nitro benzene ring substituents is 1. The Morgan fingerprint density at radius 3 is 2.42 bits per heavy atom. The molecule has 0 saturated carbocycles. The predicted molar refractivity (Wildman–Crippen MR) is 147 cm³/mol. The van der Waals surface area contributed by atoms with Crippen LogP contribution in [0.5, 0.6) is 0 Å². The molecule has 0 radical (unpaired) electrons. The van der Waals surface area contributed by atoms with Crippen LogP contribution in [0.1, 0.15) is 10.4 Å². The van der Waals surface area contributed by atoms with Crippen LogP contribution in [0.25, 0.3) is 11.5 Å². The Labute approximate surface area is 232 Å². The Bertz CT molecular complexity index is 1520. The van der Waals surface area contributed by atoms with Crippen LogP contribution in [0, 0.1) is 15.9 Å². The Hall–Kier alpha value is -4.78. The minimum absolute atomic E-state index is 0.0301. The number of hydrogen-bond donors (Lipinski definition) is 1. The number of carbonyl (C=O) groups excluding carboxylic acids is 2. The largest absolute Gasteiger partial charge is 0.411 e. The van der Waals surface area contributed by atoms with Crippen molar-refractivity contribution in [1.82, 2.24) is 15.1 Å². The fraction of sp³-hybridized carbons (Fsp3) is 0.185. The molecule has 1 aromatic heterocycles. The highest BCUT2D eigenvalue weighted by molar-refractivity contribution is 7.99. The fourth-order valence-corrected chi connectivity index (χ4v) is 4.72. The van der Waals surface area contributed by atoms with Crippen molar-refractivity contribution >= 4 is 40.6 Å². The van der Waals surface area contributed by atoms with Gasteiger partial charge >= 0.3 is 0 Å². The van der Waals surface area contributed by atoms with Gasteiger partial charge in [0.1, 0.15) is 5.82 Å². The van der Waals surface area contributed by atoms with Gasteiger partial charge in [-0.25, -0.2) is 4.39 Å². The summed E-state index contributed by atoms with van der Waals surface area (Å²) in [6, 6.07) is 18.8. The molecule has 0 atom stereocenters. The number of halogens is 1. The van der Waals surface area contributed by atoms with E-state index in [1.54, 1.807) is 23.1 Å². The Morgan fingerprint density at radius 2 is 1.73 bits per heavy atom. The molecule has 0 unspecified atom stereocenters. The van der Waals surface area contributed by atoms with Gasteiger partial charge in [-0.15, -0.1) is 10.2 Å². The van der Waals surface area contributed by atoms with Crippen molar-refractivity contribution in [2.45, 2.75) is 5.22 Å². The molecule has 1 aliphatic rings. The van der Waals surface area contributed by atoms with Crippen LogP contribution in [-0.2, 0) is 4.79 Å². The van der Waals surface area contributed by atoms with Crippen LogP contribution >= 0.6 is 11.8 Å². The lowest BCUT2D eigenvalue weighted by atomic mass is 10.1. The van der Waals surface area contributed by atoms with Gasteiger partial charge in [-0.3, -0.25) is 19.7 Å². The summed E-state index contributed by atoms with van der Waals surface area (Å²) in [4.78, 5) is 39.5. The second-order valence-corrected chi connectivity index (χ2v) is 9.78. The Kier molecular flexibility index (Phi) is 8.01. The lowest BCUT2D eigenvalue weighted by Gasteiger charge is -2.36. The number of piperazine rings is 1. The molecular formula is C27H23FN6O5S. The molecule has 1 fully saturated rings. The molecule has 1 saturated heterocycles. The molecule has 1 N–H and O–H groups in total. The lowest BCUT2D eigenvalue weighted by molar-refractivity contribution is -0.384. The van der Waals surface area contributed by atoms with E-state index in [1.165, 1.54) is 42.5 Å². The number of nitro benzene ring substituents is 1. The number of nitrogens with zero attached hydrogens (tertiary/aromatic N) is 5. The first-order chi connectivity index (χ1) is 19.4. The summed E-state index contributed by atoms with van der Waals surface area (Å²) in [5.74, 6) is -0.594. The zero-order valence-corrected chi connectivity index (χ0v) is 21.8. The van der Waals surface area contributed by atoms with Gasteiger partial charge in [-0.2, -0.15) is 0 Å². The molecule has 2 heterocycles. The minimum atomic E-state index is -0.507. The van der Waals surface area contributed by atoms with Crippen molar-refractivity contribution in [3.63, 3.8) is 0 Å². The van der Waals surface area contributed by atoms with E-state index < -0.39 is 4.92 Å². The zero-order valence-electron chi connectivity index (χ0n) is 21.0. The average molecular weight is 563 g/mol. The van der Waals surface area contributed by atoms with Crippen molar-refractivity contribution in [3.05, 3.63) is 94.3 Å². The maximum Gasteiger partial charge on any atom is 0.277 e. The van der Waals surface area contributed by atoms with Gasteiger partial charge in [0.25, 0.3) is 16.8 Å². The molecule has 0 aliphatic carbocycles. The standard InChI is InChI=1S/C27H23FN6O5S/c28-20-6-4-18(5-7-20)26(36)33-14-12-32(13-15-33)22-10-8-21(9-11-22)29-24(35)17-40-27-31-30-25(39-27)19-2-1-3-23(16-19)34(37)38/h1-11,16H,12-15,17H2,(H,29,35). The first-order valence-electron chi connectivity index (χ1n) is 12.3. The number of rotatable bonds is 8. The number of nitro groups is 1. The van der Waals surface area contributed by atoms with Gasteiger partial charge in [0, 0.05) is 60.8 Å². The molecular weight excluding hydrogens is 539 g/mol. The first-order valence-corrected chi connectivity index (χ1v) is 13.2. The summed E-state index contributed by atoms with van der Waals surface area (Å²) in [5, 5.41) is 21.8. The highest BCUT2D eigenvalue weighted by atomic mass is 32.2. The predicted octanol–water partition coefficient (Wildman–Crippen LogP) is 4.48. The van der Waals surface area contributed by atoms with E-state index in [9.17, 15) is 24.1 Å².